The molecule has 1 rings (SSSR count). The number of aromatic nitrogens is 1. The maximum absolute atomic E-state index is 11.2. The van der Waals surface area contributed by atoms with Gasteiger partial charge in [-0.1, -0.05) is 0 Å². The molecule has 8 nitrogen and oxygen atoms in total. The Kier molecular flexibility index (Phi) is 6.77. The predicted octanol–water partition coefficient (Wildman–Crippen LogP) is -0.169. The molecular weight excluding hydrogens is 310 g/mol. The molecule has 122 valence electrons. The third-order valence-corrected chi connectivity index (χ3v) is 3.96. The molecule has 2 amide bonds. The zero-order chi connectivity index (χ0) is 16.7. The minimum absolute atomic E-state index is 0.110. The summed E-state index contributed by atoms with van der Waals surface area (Å²) in [5.41, 5.74) is 0. The van der Waals surface area contributed by atoms with Gasteiger partial charge in [-0.3, -0.25) is 14.2 Å². The van der Waals surface area contributed by atoms with Gasteiger partial charge in [0.25, 0.3) is 0 Å². The molecule has 1 unspecified atom stereocenters. The summed E-state index contributed by atoms with van der Waals surface area (Å²) in [7, 11) is 1.50. The van der Waals surface area contributed by atoms with Gasteiger partial charge >= 0.3 is 0 Å². The third kappa shape index (κ3) is 4.99. The summed E-state index contributed by atoms with van der Waals surface area (Å²) in [6.45, 7) is 1.43. The number of rotatable bonds is 8. The summed E-state index contributed by atoms with van der Waals surface area (Å²) < 4.78 is 1.20. The Morgan fingerprint density at radius 3 is 2.68 bits per heavy atom. The van der Waals surface area contributed by atoms with Gasteiger partial charge in [0, 0.05) is 38.8 Å². The summed E-state index contributed by atoms with van der Waals surface area (Å²) in [5.74, 6) is -0.679. The molecule has 1 heterocycles. The fourth-order valence-corrected chi connectivity index (χ4v) is 2.67. The van der Waals surface area contributed by atoms with Crippen molar-refractivity contribution in [2.75, 3.05) is 12.8 Å². The first-order valence-electron chi connectivity index (χ1n) is 6.56. The number of hydrogen-bond donors (Lipinski definition) is 4. The van der Waals surface area contributed by atoms with E-state index in [0.29, 0.717) is 11.2 Å². The third-order valence-electron chi connectivity index (χ3n) is 2.83. The molecule has 0 saturated heterocycles. The lowest BCUT2D eigenvalue weighted by atomic mass is 10.4. The van der Waals surface area contributed by atoms with E-state index >= 15 is 0 Å². The van der Waals surface area contributed by atoms with Crippen molar-refractivity contribution in [2.24, 2.45) is 0 Å². The van der Waals surface area contributed by atoms with E-state index in [4.69, 9.17) is 0 Å². The number of carbonyl (C=O) groups excluding carboxylic acids is 3. The molecule has 0 spiro atoms. The minimum atomic E-state index is -0.682. The van der Waals surface area contributed by atoms with Gasteiger partial charge < -0.3 is 25.6 Å². The SMILES string of the molecule is CNC(=O)CCn1c(O)cc(SCC(C=O)NC(C)=O)c1O. The standard InChI is InChI=1S/C13H19N3O5S/c1-8(18)15-9(6-17)7-22-10-5-12(20)16(13(10)21)4-3-11(19)14-2/h5-6,9,20-21H,3-4,7H2,1-2H3,(H,14,19)(H,15,18). The number of amides is 2. The maximum atomic E-state index is 11.2. The second-order valence-corrected chi connectivity index (χ2v) is 5.58. The molecule has 22 heavy (non-hydrogen) atoms. The molecule has 0 aliphatic rings. The molecule has 1 aromatic heterocycles. The van der Waals surface area contributed by atoms with E-state index in [9.17, 15) is 24.6 Å². The molecule has 0 aliphatic carbocycles. The largest absolute Gasteiger partial charge is 0.494 e. The number of hydrogen-bond acceptors (Lipinski definition) is 6. The number of nitrogens with one attached hydrogen (secondary N) is 2. The number of carbonyl (C=O) groups is 3. The Bertz CT molecular complexity index is 558. The number of aldehydes is 1. The Hall–Kier alpha value is -2.16. The van der Waals surface area contributed by atoms with Gasteiger partial charge in [0.2, 0.25) is 17.7 Å². The van der Waals surface area contributed by atoms with Crippen molar-refractivity contribution in [1.29, 1.82) is 0 Å². The molecule has 0 aromatic carbocycles. The maximum Gasteiger partial charge on any atom is 0.221 e. The summed E-state index contributed by atoms with van der Waals surface area (Å²) in [4.78, 5) is 33.3. The van der Waals surface area contributed by atoms with Gasteiger partial charge in [-0.25, -0.2) is 0 Å². The van der Waals surface area contributed by atoms with Gasteiger partial charge in [0.15, 0.2) is 5.88 Å². The first kappa shape index (κ1) is 17.9. The van der Waals surface area contributed by atoms with E-state index in [1.54, 1.807) is 0 Å². The van der Waals surface area contributed by atoms with Gasteiger partial charge in [-0.2, -0.15) is 0 Å². The minimum Gasteiger partial charge on any atom is -0.494 e. The molecule has 1 aromatic rings. The highest BCUT2D eigenvalue weighted by molar-refractivity contribution is 7.99. The number of thioether (sulfide) groups is 1. The highest BCUT2D eigenvalue weighted by Crippen LogP contribution is 2.35. The molecule has 0 saturated carbocycles. The van der Waals surface area contributed by atoms with Crippen LogP contribution in [0.2, 0.25) is 0 Å². The first-order valence-corrected chi connectivity index (χ1v) is 7.54. The van der Waals surface area contributed by atoms with E-state index in [1.807, 2.05) is 0 Å². The smallest absolute Gasteiger partial charge is 0.221 e. The second kappa shape index (κ2) is 8.32. The lowest BCUT2D eigenvalue weighted by Crippen LogP contribution is -2.36. The summed E-state index contributed by atoms with van der Waals surface area (Å²) in [6.07, 6.45) is 0.715. The first-order chi connectivity index (χ1) is 10.4. The zero-order valence-electron chi connectivity index (χ0n) is 12.3. The van der Waals surface area contributed by atoms with Gasteiger partial charge in [0.05, 0.1) is 10.9 Å². The quantitative estimate of drug-likeness (QED) is 0.388. The van der Waals surface area contributed by atoms with Crippen molar-refractivity contribution < 1.29 is 24.6 Å². The highest BCUT2D eigenvalue weighted by Gasteiger charge is 2.17. The number of aromatic hydroxyl groups is 2. The van der Waals surface area contributed by atoms with Crippen LogP contribution in [0.3, 0.4) is 0 Å². The molecule has 9 heteroatoms. The predicted molar refractivity (Wildman–Crippen MR) is 80.8 cm³/mol. The van der Waals surface area contributed by atoms with Crippen molar-refractivity contribution >= 4 is 29.9 Å². The van der Waals surface area contributed by atoms with Crippen LogP contribution in [-0.4, -0.2) is 51.7 Å². The van der Waals surface area contributed by atoms with E-state index in [-0.39, 0.29) is 42.3 Å². The lowest BCUT2D eigenvalue weighted by Gasteiger charge is -2.10. The molecule has 4 N–H and O–H groups in total. The van der Waals surface area contributed by atoms with E-state index in [1.165, 1.54) is 24.6 Å². The van der Waals surface area contributed by atoms with Crippen molar-refractivity contribution in [3.05, 3.63) is 6.07 Å². The van der Waals surface area contributed by atoms with E-state index in [2.05, 4.69) is 10.6 Å². The zero-order valence-corrected chi connectivity index (χ0v) is 13.1. The van der Waals surface area contributed by atoms with Crippen molar-refractivity contribution in [3.8, 4) is 11.8 Å². The molecule has 0 radical (unpaired) electrons. The Morgan fingerprint density at radius 2 is 2.14 bits per heavy atom. The van der Waals surface area contributed by atoms with Crippen LogP contribution in [0.4, 0.5) is 0 Å². The Morgan fingerprint density at radius 1 is 1.45 bits per heavy atom. The fourth-order valence-electron chi connectivity index (χ4n) is 1.72. The summed E-state index contributed by atoms with van der Waals surface area (Å²) in [5, 5.41) is 24.7. The monoisotopic (exact) mass is 329 g/mol. The van der Waals surface area contributed by atoms with Crippen LogP contribution < -0.4 is 10.6 Å². The van der Waals surface area contributed by atoms with E-state index < -0.39 is 6.04 Å². The average molecular weight is 329 g/mol. The van der Waals surface area contributed by atoms with E-state index in [0.717, 1.165) is 11.8 Å². The number of nitrogens with zero attached hydrogens (tertiary/aromatic N) is 1. The molecular formula is C13H19N3O5S. The average Bonchev–Trinajstić information content (AvgIpc) is 2.75. The van der Waals surface area contributed by atoms with Gasteiger partial charge in [-0.15, -0.1) is 11.8 Å². The Balaban J connectivity index is 2.70. The lowest BCUT2D eigenvalue weighted by molar-refractivity contribution is -0.122. The molecule has 1 atom stereocenters. The van der Waals surface area contributed by atoms with Crippen LogP contribution in [0, 0.1) is 0 Å². The van der Waals surface area contributed by atoms with Crippen molar-refractivity contribution in [1.82, 2.24) is 15.2 Å². The topological polar surface area (TPSA) is 121 Å². The molecule has 0 fully saturated rings. The van der Waals surface area contributed by atoms with Gasteiger partial charge in [0.1, 0.15) is 6.29 Å². The van der Waals surface area contributed by atoms with Crippen LogP contribution in [-0.2, 0) is 20.9 Å². The Labute approximate surface area is 131 Å². The van der Waals surface area contributed by atoms with Crippen molar-refractivity contribution in [2.45, 2.75) is 30.8 Å². The van der Waals surface area contributed by atoms with Crippen LogP contribution >= 0.6 is 11.8 Å². The molecule has 0 bridgehead atoms. The summed E-state index contributed by atoms with van der Waals surface area (Å²) in [6, 6.07) is 0.665. The van der Waals surface area contributed by atoms with Crippen LogP contribution in [0.5, 0.6) is 11.8 Å². The molecule has 0 aliphatic heterocycles. The second-order valence-electron chi connectivity index (χ2n) is 4.52. The van der Waals surface area contributed by atoms with Gasteiger partial charge in [-0.05, 0) is 0 Å². The van der Waals surface area contributed by atoms with Crippen LogP contribution in [0.25, 0.3) is 0 Å². The summed E-state index contributed by atoms with van der Waals surface area (Å²) >= 11 is 1.12. The van der Waals surface area contributed by atoms with Crippen molar-refractivity contribution in [3.63, 3.8) is 0 Å². The fraction of sp³-hybridized carbons (Fsp3) is 0.462. The normalized spacial score (nSPS) is 11.7. The highest BCUT2D eigenvalue weighted by atomic mass is 32.2. The van der Waals surface area contributed by atoms with Crippen LogP contribution in [0.1, 0.15) is 13.3 Å². The van der Waals surface area contributed by atoms with Crippen LogP contribution in [0.15, 0.2) is 11.0 Å².